The third kappa shape index (κ3) is 3.96. The number of ether oxygens (including phenoxy) is 1. The number of rotatable bonds is 8. The van der Waals surface area contributed by atoms with Gasteiger partial charge in [-0.3, -0.25) is 14.7 Å². The van der Waals surface area contributed by atoms with Gasteiger partial charge < -0.3 is 15.0 Å². The number of nitro benzene ring substituents is 1. The van der Waals surface area contributed by atoms with E-state index in [0.29, 0.717) is 17.0 Å². The minimum atomic E-state index is -2.95. The van der Waals surface area contributed by atoms with E-state index in [0.717, 1.165) is 26.2 Å². The van der Waals surface area contributed by atoms with Crippen LogP contribution >= 0.6 is 7.67 Å². The molecule has 2 heterocycles. The summed E-state index contributed by atoms with van der Waals surface area (Å²) in [4.78, 5) is 10.8. The minimum Gasteiger partial charge on any atom is -0.450 e. The first kappa shape index (κ1) is 17.9. The zero-order chi connectivity index (χ0) is 19.0. The standard InChI is InChI=1S/C17H19N4O5P/c18-14-2-4-15(5-3-14)26-17-11-13(1-6-16(17)21(22)23)12-25-27(24,19-7-8-19)20-9-10-20/h1-6,11H,7-10,12,18H2. The third-order valence-corrected chi connectivity index (χ3v) is 6.99. The summed E-state index contributed by atoms with van der Waals surface area (Å²) in [5.74, 6) is 0.531. The van der Waals surface area contributed by atoms with E-state index >= 15 is 0 Å². The van der Waals surface area contributed by atoms with E-state index < -0.39 is 12.6 Å². The van der Waals surface area contributed by atoms with Gasteiger partial charge in [-0.05, 0) is 42.0 Å². The molecule has 2 fully saturated rings. The zero-order valence-corrected chi connectivity index (χ0v) is 15.4. The first-order valence-electron chi connectivity index (χ1n) is 8.52. The van der Waals surface area contributed by atoms with Gasteiger partial charge in [-0.2, -0.15) is 0 Å². The van der Waals surface area contributed by atoms with Crippen molar-refractivity contribution in [3.05, 3.63) is 58.1 Å². The van der Waals surface area contributed by atoms with Gasteiger partial charge in [0.15, 0.2) is 0 Å². The Bertz CT molecular complexity index is 896. The average Bonchev–Trinajstić information content (AvgIpc) is 3.53. The van der Waals surface area contributed by atoms with E-state index in [1.54, 1.807) is 36.4 Å². The Morgan fingerprint density at radius 3 is 2.26 bits per heavy atom. The van der Waals surface area contributed by atoms with Crippen molar-refractivity contribution in [3.63, 3.8) is 0 Å². The molecule has 142 valence electrons. The van der Waals surface area contributed by atoms with Crippen molar-refractivity contribution in [1.29, 1.82) is 0 Å². The second-order valence-corrected chi connectivity index (χ2v) is 8.77. The number of nitrogen functional groups attached to an aromatic ring is 1. The van der Waals surface area contributed by atoms with Crippen LogP contribution in [0.15, 0.2) is 42.5 Å². The number of hydrogen-bond acceptors (Lipinski definition) is 6. The number of anilines is 1. The van der Waals surface area contributed by atoms with Crippen LogP contribution in [0.4, 0.5) is 11.4 Å². The highest BCUT2D eigenvalue weighted by molar-refractivity contribution is 7.54. The fourth-order valence-electron chi connectivity index (χ4n) is 2.64. The smallest absolute Gasteiger partial charge is 0.346 e. The van der Waals surface area contributed by atoms with Crippen LogP contribution in [0.2, 0.25) is 0 Å². The summed E-state index contributed by atoms with van der Waals surface area (Å²) in [6.45, 7) is 3.14. The fourth-order valence-corrected chi connectivity index (χ4v) is 4.83. The highest BCUT2D eigenvalue weighted by Gasteiger charge is 2.49. The van der Waals surface area contributed by atoms with E-state index in [-0.39, 0.29) is 18.0 Å². The molecule has 0 amide bonds. The summed E-state index contributed by atoms with van der Waals surface area (Å²) in [7, 11) is -2.95. The van der Waals surface area contributed by atoms with Crippen molar-refractivity contribution in [3.8, 4) is 11.5 Å². The Balaban J connectivity index is 1.54. The van der Waals surface area contributed by atoms with Crippen LogP contribution in [0.25, 0.3) is 0 Å². The highest BCUT2D eigenvalue weighted by atomic mass is 31.2. The predicted octanol–water partition coefficient (Wildman–Crippen LogP) is 3.23. The molecule has 2 N–H and O–H groups in total. The van der Waals surface area contributed by atoms with Crippen molar-refractivity contribution >= 4 is 19.0 Å². The largest absolute Gasteiger partial charge is 0.450 e. The molecule has 4 rings (SSSR count). The van der Waals surface area contributed by atoms with E-state index in [4.69, 9.17) is 15.0 Å². The van der Waals surface area contributed by atoms with E-state index in [1.165, 1.54) is 6.07 Å². The summed E-state index contributed by atoms with van der Waals surface area (Å²) in [6.07, 6.45) is 0. The number of hydrogen-bond donors (Lipinski definition) is 1. The Kier molecular flexibility index (Phi) is 4.61. The van der Waals surface area contributed by atoms with Crippen LogP contribution in [0.5, 0.6) is 11.5 Å². The Morgan fingerprint density at radius 1 is 1.07 bits per heavy atom. The quantitative estimate of drug-likeness (QED) is 0.240. The Morgan fingerprint density at radius 2 is 1.70 bits per heavy atom. The van der Waals surface area contributed by atoms with E-state index in [2.05, 4.69) is 0 Å². The summed E-state index contributed by atoms with van der Waals surface area (Å²) in [5, 5.41) is 11.3. The molecular weight excluding hydrogens is 371 g/mol. The molecule has 0 aromatic heterocycles. The van der Waals surface area contributed by atoms with Gasteiger partial charge in [0.05, 0.1) is 11.5 Å². The minimum absolute atomic E-state index is 0.0837. The van der Waals surface area contributed by atoms with Crippen molar-refractivity contribution in [2.75, 3.05) is 31.9 Å². The molecule has 0 atom stereocenters. The summed E-state index contributed by atoms with van der Waals surface area (Å²) < 4.78 is 28.0. The van der Waals surface area contributed by atoms with Gasteiger partial charge in [0.1, 0.15) is 5.75 Å². The molecule has 2 aliphatic heterocycles. The van der Waals surface area contributed by atoms with Gasteiger partial charge >= 0.3 is 13.4 Å². The van der Waals surface area contributed by atoms with Gasteiger partial charge in [-0.1, -0.05) is 0 Å². The highest BCUT2D eigenvalue weighted by Crippen LogP contribution is 2.61. The third-order valence-electron chi connectivity index (χ3n) is 4.29. The first-order chi connectivity index (χ1) is 13.0. The van der Waals surface area contributed by atoms with Crippen LogP contribution in [0.1, 0.15) is 5.56 Å². The topological polar surface area (TPSA) is 111 Å². The lowest BCUT2D eigenvalue weighted by Crippen LogP contribution is -2.08. The molecule has 2 aromatic rings. The lowest BCUT2D eigenvalue weighted by atomic mass is 10.2. The van der Waals surface area contributed by atoms with Crippen molar-refractivity contribution in [2.24, 2.45) is 0 Å². The summed E-state index contributed by atoms with van der Waals surface area (Å²) in [5.41, 5.74) is 6.71. The second kappa shape index (κ2) is 6.94. The summed E-state index contributed by atoms with van der Waals surface area (Å²) in [6, 6.07) is 11.1. The number of nitrogens with zero attached hydrogens (tertiary/aromatic N) is 3. The van der Waals surface area contributed by atoms with Gasteiger partial charge in [-0.15, -0.1) is 0 Å². The maximum absolute atomic E-state index is 13.0. The van der Waals surface area contributed by atoms with Gasteiger partial charge in [0, 0.05) is 37.9 Å². The van der Waals surface area contributed by atoms with Crippen LogP contribution in [0.3, 0.4) is 0 Å². The predicted molar refractivity (Wildman–Crippen MR) is 99.6 cm³/mol. The molecule has 2 aliphatic rings. The molecule has 0 saturated carbocycles. The molecule has 0 aliphatic carbocycles. The van der Waals surface area contributed by atoms with Crippen LogP contribution in [0, 0.1) is 10.1 Å². The SMILES string of the molecule is Nc1ccc(Oc2cc(COP(=O)(N3CC3)N3CC3)ccc2[N+](=O)[O-])cc1. The van der Waals surface area contributed by atoms with Gasteiger partial charge in [-0.25, -0.2) is 9.34 Å². The molecule has 2 saturated heterocycles. The van der Waals surface area contributed by atoms with Crippen LogP contribution < -0.4 is 10.5 Å². The van der Waals surface area contributed by atoms with E-state index in [9.17, 15) is 14.7 Å². The van der Waals surface area contributed by atoms with Crippen LogP contribution in [-0.4, -0.2) is 40.4 Å². The maximum Gasteiger partial charge on any atom is 0.346 e. The number of nitrogens with two attached hydrogens (primary N) is 1. The van der Waals surface area contributed by atoms with Crippen molar-refractivity contribution < 1.29 is 18.7 Å². The first-order valence-corrected chi connectivity index (χ1v) is 10.0. The fraction of sp³-hybridized carbons (Fsp3) is 0.294. The summed E-state index contributed by atoms with van der Waals surface area (Å²) >= 11 is 0. The maximum atomic E-state index is 13.0. The second-order valence-electron chi connectivity index (χ2n) is 6.40. The van der Waals surface area contributed by atoms with Crippen LogP contribution in [-0.2, 0) is 15.7 Å². The molecule has 0 spiro atoms. The van der Waals surface area contributed by atoms with Crippen molar-refractivity contribution in [2.45, 2.75) is 6.61 Å². The monoisotopic (exact) mass is 390 g/mol. The Hall–Kier alpha value is -2.45. The Labute approximate surface area is 156 Å². The molecular formula is C17H19N4O5P. The average molecular weight is 390 g/mol. The van der Waals surface area contributed by atoms with Gasteiger partial charge in [0.2, 0.25) is 5.75 Å². The molecule has 0 bridgehead atoms. The molecule has 9 nitrogen and oxygen atoms in total. The van der Waals surface area contributed by atoms with Gasteiger partial charge in [0.25, 0.3) is 0 Å². The molecule has 10 heteroatoms. The number of nitro groups is 1. The number of benzene rings is 2. The molecule has 27 heavy (non-hydrogen) atoms. The lowest BCUT2D eigenvalue weighted by Gasteiger charge is -2.19. The molecule has 0 radical (unpaired) electrons. The zero-order valence-electron chi connectivity index (χ0n) is 14.5. The lowest BCUT2D eigenvalue weighted by molar-refractivity contribution is -0.385. The normalized spacial score (nSPS) is 16.9. The van der Waals surface area contributed by atoms with Crippen molar-refractivity contribution in [1.82, 2.24) is 9.34 Å². The molecule has 0 unspecified atom stereocenters. The van der Waals surface area contributed by atoms with E-state index in [1.807, 2.05) is 9.34 Å². The molecule has 2 aromatic carbocycles.